The Labute approximate surface area is 132 Å². The number of aryl methyl sites for hydroxylation is 1. The molecule has 1 heterocycles. The summed E-state index contributed by atoms with van der Waals surface area (Å²) in [6, 6.07) is 13.4. The molecule has 5 nitrogen and oxygen atoms in total. The molecule has 23 heavy (non-hydrogen) atoms. The van der Waals surface area contributed by atoms with Gasteiger partial charge in [-0.2, -0.15) is 0 Å². The van der Waals surface area contributed by atoms with Crippen LogP contribution < -0.4 is 5.56 Å². The molecule has 5 heteroatoms. The predicted octanol–water partition coefficient (Wildman–Crippen LogP) is 2.39. The second-order valence-corrected chi connectivity index (χ2v) is 5.28. The first-order chi connectivity index (χ1) is 11.1. The summed E-state index contributed by atoms with van der Waals surface area (Å²) in [6.07, 6.45) is 1.21. The summed E-state index contributed by atoms with van der Waals surface area (Å²) >= 11 is 0. The van der Waals surface area contributed by atoms with Gasteiger partial charge in [-0.25, -0.2) is 4.98 Å². The number of nitrogens with zero attached hydrogens (tertiary/aromatic N) is 2. The molecule has 114 valence electrons. The van der Waals surface area contributed by atoms with Gasteiger partial charge in [0, 0.05) is 18.2 Å². The van der Waals surface area contributed by atoms with Crippen LogP contribution in [0.1, 0.15) is 27.1 Å². The molecule has 3 rings (SSSR count). The molecule has 0 fully saturated rings. The fourth-order valence-corrected chi connectivity index (χ4v) is 2.36. The topological polar surface area (TPSA) is 69.0 Å². The molecular formula is C18H14N2O3. The van der Waals surface area contributed by atoms with E-state index in [0.717, 1.165) is 0 Å². The maximum Gasteiger partial charge on any atom is 0.260 e. The third-order valence-corrected chi connectivity index (χ3v) is 3.66. The van der Waals surface area contributed by atoms with E-state index in [0.29, 0.717) is 22.0 Å². The maximum absolute atomic E-state index is 12.3. The van der Waals surface area contributed by atoms with E-state index in [1.54, 1.807) is 43.4 Å². The van der Waals surface area contributed by atoms with E-state index in [9.17, 15) is 14.4 Å². The van der Waals surface area contributed by atoms with Crippen molar-refractivity contribution in [3.05, 3.63) is 76.3 Å². The van der Waals surface area contributed by atoms with Gasteiger partial charge in [-0.15, -0.1) is 0 Å². The highest BCUT2D eigenvalue weighted by molar-refractivity contribution is 6.14. The van der Waals surface area contributed by atoms with Crippen molar-refractivity contribution >= 4 is 22.5 Å². The van der Waals surface area contributed by atoms with Gasteiger partial charge in [0.05, 0.1) is 23.7 Å². The molecule has 0 radical (unpaired) electrons. The molecule has 0 aliphatic heterocycles. The van der Waals surface area contributed by atoms with Crippen LogP contribution >= 0.6 is 0 Å². The minimum atomic E-state index is -0.313. The second-order valence-electron chi connectivity index (χ2n) is 5.28. The molecular weight excluding hydrogens is 292 g/mol. The first-order valence-corrected chi connectivity index (χ1v) is 7.13. The van der Waals surface area contributed by atoms with Crippen LogP contribution in [0.15, 0.2) is 59.7 Å². The maximum atomic E-state index is 12.3. The minimum absolute atomic E-state index is 0.223. The molecule has 3 aromatic rings. The number of hydrogen-bond donors (Lipinski definition) is 0. The van der Waals surface area contributed by atoms with Gasteiger partial charge in [0.2, 0.25) is 0 Å². The van der Waals surface area contributed by atoms with Gasteiger partial charge in [-0.1, -0.05) is 30.3 Å². The van der Waals surface area contributed by atoms with Crippen molar-refractivity contribution in [1.29, 1.82) is 0 Å². The molecule has 0 spiro atoms. The summed E-state index contributed by atoms with van der Waals surface area (Å²) in [5.74, 6) is -0.554. The van der Waals surface area contributed by atoms with Crippen molar-refractivity contribution in [2.45, 2.75) is 6.42 Å². The van der Waals surface area contributed by atoms with Crippen LogP contribution in [0.4, 0.5) is 0 Å². The monoisotopic (exact) mass is 306 g/mol. The Morgan fingerprint density at radius 1 is 1.00 bits per heavy atom. The summed E-state index contributed by atoms with van der Waals surface area (Å²) in [7, 11) is 1.60. The Hall–Kier alpha value is -3.08. The van der Waals surface area contributed by atoms with Crippen LogP contribution in [0.5, 0.6) is 0 Å². The van der Waals surface area contributed by atoms with E-state index in [1.165, 1.54) is 17.0 Å². The van der Waals surface area contributed by atoms with Crippen LogP contribution in [0.2, 0.25) is 0 Å². The quantitative estimate of drug-likeness (QED) is 0.548. The Bertz CT molecular complexity index is 959. The van der Waals surface area contributed by atoms with Crippen molar-refractivity contribution < 1.29 is 9.59 Å². The molecule has 0 bridgehead atoms. The van der Waals surface area contributed by atoms with Gasteiger partial charge in [0.1, 0.15) is 0 Å². The smallest absolute Gasteiger partial charge is 0.260 e. The minimum Gasteiger partial charge on any atom is -0.302 e. The molecule has 0 aliphatic carbocycles. The van der Waals surface area contributed by atoms with Crippen LogP contribution in [-0.2, 0) is 7.05 Å². The van der Waals surface area contributed by atoms with E-state index in [1.807, 2.05) is 6.07 Å². The van der Waals surface area contributed by atoms with Gasteiger partial charge < -0.3 is 4.57 Å². The summed E-state index contributed by atoms with van der Waals surface area (Å²) in [5, 5.41) is 0.369. The number of carbonyl (C=O) groups excluding carboxylic acids is 2. The van der Waals surface area contributed by atoms with Crippen molar-refractivity contribution in [2.75, 3.05) is 0 Å². The molecule has 0 amide bonds. The van der Waals surface area contributed by atoms with E-state index in [2.05, 4.69) is 4.98 Å². The lowest BCUT2D eigenvalue weighted by molar-refractivity contribution is 0.0894. The zero-order valence-corrected chi connectivity index (χ0v) is 12.5. The summed E-state index contributed by atoms with van der Waals surface area (Å²) in [6.45, 7) is 0. The van der Waals surface area contributed by atoms with E-state index >= 15 is 0 Å². The normalized spacial score (nSPS) is 10.7. The van der Waals surface area contributed by atoms with Gasteiger partial charge in [0.15, 0.2) is 11.6 Å². The van der Waals surface area contributed by atoms with Crippen molar-refractivity contribution in [1.82, 2.24) is 9.55 Å². The van der Waals surface area contributed by atoms with Gasteiger partial charge in [0.25, 0.3) is 5.56 Å². The Balaban J connectivity index is 1.91. The summed E-state index contributed by atoms with van der Waals surface area (Å²) < 4.78 is 1.35. The Morgan fingerprint density at radius 3 is 2.43 bits per heavy atom. The third kappa shape index (κ3) is 2.94. The molecule has 0 saturated carbocycles. The number of fused-ring (bicyclic) bond motifs is 1. The molecule has 0 saturated heterocycles. The highest BCUT2D eigenvalue weighted by atomic mass is 16.1. The lowest BCUT2D eigenvalue weighted by atomic mass is 10.0. The third-order valence-electron chi connectivity index (χ3n) is 3.66. The van der Waals surface area contributed by atoms with Crippen molar-refractivity contribution in [2.24, 2.45) is 7.05 Å². The zero-order valence-electron chi connectivity index (χ0n) is 12.5. The number of aromatic nitrogens is 2. The van der Waals surface area contributed by atoms with Crippen molar-refractivity contribution in [3.8, 4) is 0 Å². The summed E-state index contributed by atoms with van der Waals surface area (Å²) in [4.78, 5) is 40.7. The van der Waals surface area contributed by atoms with E-state index < -0.39 is 0 Å². The SMILES string of the molecule is Cn1cnc2ccc(C(=O)CC(=O)c3ccccc3)cc2c1=O. The molecule has 0 aliphatic rings. The summed E-state index contributed by atoms with van der Waals surface area (Å²) in [5.41, 5.74) is 1.14. The Kier molecular flexibility index (Phi) is 3.85. The number of rotatable bonds is 4. The molecule has 0 atom stereocenters. The molecule has 1 aromatic heterocycles. The largest absolute Gasteiger partial charge is 0.302 e. The number of hydrogen-bond acceptors (Lipinski definition) is 4. The van der Waals surface area contributed by atoms with Crippen molar-refractivity contribution in [3.63, 3.8) is 0 Å². The molecule has 0 N–H and O–H groups in total. The lowest BCUT2D eigenvalue weighted by Crippen LogP contribution is -2.17. The van der Waals surface area contributed by atoms with Gasteiger partial charge in [-0.3, -0.25) is 14.4 Å². The highest BCUT2D eigenvalue weighted by Gasteiger charge is 2.14. The standard InChI is InChI=1S/C18H14N2O3/c1-20-11-19-15-8-7-13(9-14(15)18(20)23)17(22)10-16(21)12-5-3-2-4-6-12/h2-9,11H,10H2,1H3. The van der Waals surface area contributed by atoms with Crippen LogP contribution in [0, 0.1) is 0 Å². The fraction of sp³-hybridized carbons (Fsp3) is 0.111. The number of benzene rings is 2. The van der Waals surface area contributed by atoms with E-state index in [-0.39, 0.29) is 23.5 Å². The van der Waals surface area contributed by atoms with Gasteiger partial charge >= 0.3 is 0 Å². The first-order valence-electron chi connectivity index (χ1n) is 7.13. The van der Waals surface area contributed by atoms with Crippen LogP contribution in [-0.4, -0.2) is 21.1 Å². The predicted molar refractivity (Wildman–Crippen MR) is 86.7 cm³/mol. The zero-order chi connectivity index (χ0) is 16.4. The molecule has 0 unspecified atom stereocenters. The van der Waals surface area contributed by atoms with Crippen LogP contribution in [0.25, 0.3) is 10.9 Å². The van der Waals surface area contributed by atoms with Gasteiger partial charge in [-0.05, 0) is 18.2 Å². The highest BCUT2D eigenvalue weighted by Crippen LogP contribution is 2.13. The molecule has 2 aromatic carbocycles. The number of Topliss-reactive ketones (excluding diaryl/α,β-unsaturated/α-hetero) is 2. The fourth-order valence-electron chi connectivity index (χ4n) is 2.36. The average molecular weight is 306 g/mol. The lowest BCUT2D eigenvalue weighted by Gasteiger charge is -2.04. The Morgan fingerprint density at radius 2 is 1.70 bits per heavy atom. The van der Waals surface area contributed by atoms with E-state index in [4.69, 9.17) is 0 Å². The average Bonchev–Trinajstić information content (AvgIpc) is 2.58. The number of ketones is 2. The number of carbonyl (C=O) groups is 2. The first kappa shape index (κ1) is 14.8. The second kappa shape index (κ2) is 5.96. The van der Waals surface area contributed by atoms with Crippen LogP contribution in [0.3, 0.4) is 0 Å².